The van der Waals surface area contributed by atoms with E-state index in [4.69, 9.17) is 0 Å². The van der Waals surface area contributed by atoms with Crippen LogP contribution in [0.25, 0.3) is 0 Å². The van der Waals surface area contributed by atoms with E-state index in [0.717, 1.165) is 17.9 Å². The number of carboxylic acids is 1. The fourth-order valence-electron chi connectivity index (χ4n) is 5.04. The maximum absolute atomic E-state index is 12.0. The molecule has 0 aromatic heterocycles. The van der Waals surface area contributed by atoms with Crippen molar-refractivity contribution in [3.63, 3.8) is 0 Å². The molecule has 2 aliphatic carbocycles. The summed E-state index contributed by atoms with van der Waals surface area (Å²) in [6.07, 6.45) is 3.83. The lowest BCUT2D eigenvalue weighted by atomic mass is 9.70. The highest BCUT2D eigenvalue weighted by molar-refractivity contribution is 5.96. The molecule has 2 aromatic carbocycles. The Morgan fingerprint density at radius 2 is 1.61 bits per heavy atom. The van der Waals surface area contributed by atoms with E-state index in [1.54, 1.807) is 30.3 Å². The summed E-state index contributed by atoms with van der Waals surface area (Å²) in [6, 6.07) is 16.9. The van der Waals surface area contributed by atoms with Crippen molar-refractivity contribution in [1.29, 1.82) is 0 Å². The van der Waals surface area contributed by atoms with Gasteiger partial charge in [0.15, 0.2) is 0 Å². The smallest absolute Gasteiger partial charge is 0.326 e. The zero-order chi connectivity index (χ0) is 22.6. The second kappa shape index (κ2) is 9.23. The van der Waals surface area contributed by atoms with Gasteiger partial charge >= 0.3 is 5.97 Å². The third kappa shape index (κ3) is 4.82. The van der Waals surface area contributed by atoms with Gasteiger partial charge in [0, 0.05) is 12.0 Å². The Hall–Kier alpha value is -2.66. The first kappa shape index (κ1) is 23.0. The van der Waals surface area contributed by atoms with Crippen LogP contribution in [0.3, 0.4) is 0 Å². The summed E-state index contributed by atoms with van der Waals surface area (Å²) in [6.45, 7) is 6.90. The molecule has 5 heteroatoms. The highest BCUT2D eigenvalue weighted by atomic mass is 16.4. The zero-order valence-corrected chi connectivity index (χ0v) is 18.5. The number of aliphatic hydroxyl groups is 1. The number of benzene rings is 2. The number of carbonyl (C=O) groups excluding carboxylic acids is 1. The maximum atomic E-state index is 12.0. The second-order valence-electron chi connectivity index (χ2n) is 9.55. The zero-order valence-electron chi connectivity index (χ0n) is 18.5. The van der Waals surface area contributed by atoms with Gasteiger partial charge in [0.2, 0.25) is 0 Å². The Labute approximate surface area is 184 Å². The lowest BCUT2D eigenvalue weighted by Gasteiger charge is -2.36. The van der Waals surface area contributed by atoms with Crippen molar-refractivity contribution in [2.45, 2.75) is 58.6 Å². The molecule has 0 radical (unpaired) electrons. The molecule has 1 amide bonds. The monoisotopic (exact) mass is 423 g/mol. The molecule has 31 heavy (non-hydrogen) atoms. The minimum Gasteiger partial charge on any atom is -0.480 e. The molecule has 0 heterocycles. The van der Waals surface area contributed by atoms with Gasteiger partial charge in [0.05, 0.1) is 6.10 Å². The number of hydrogen-bond donors (Lipinski definition) is 3. The van der Waals surface area contributed by atoms with Crippen LogP contribution in [-0.4, -0.2) is 34.2 Å². The topological polar surface area (TPSA) is 86.6 Å². The Kier molecular flexibility index (Phi) is 6.85. The average Bonchev–Trinajstić information content (AvgIpc) is 3.08. The Morgan fingerprint density at radius 1 is 1.03 bits per heavy atom. The normalized spacial score (nSPS) is 26.5. The number of carbonyl (C=O) groups is 2. The van der Waals surface area contributed by atoms with E-state index in [0.29, 0.717) is 11.0 Å². The average molecular weight is 424 g/mol. The van der Waals surface area contributed by atoms with Gasteiger partial charge in [-0.25, -0.2) is 4.79 Å². The number of aliphatic hydroxyl groups excluding tert-OH is 1. The molecular weight excluding hydrogens is 390 g/mol. The van der Waals surface area contributed by atoms with Crippen molar-refractivity contribution in [3.05, 3.63) is 71.8 Å². The molecule has 0 aliphatic heterocycles. The molecule has 4 atom stereocenters. The number of carboxylic acid groups (broad SMARTS) is 1. The predicted octanol–water partition coefficient (Wildman–Crippen LogP) is 4.31. The number of aliphatic carboxylic acids is 1. The SMILES string of the molecule is CC1(C)C2CCC1(C)C(O)C2.O=C(NC(Cc1ccccc1)C(=O)O)c1ccccc1. The van der Waals surface area contributed by atoms with E-state index < -0.39 is 12.0 Å². The Morgan fingerprint density at radius 3 is 2.03 bits per heavy atom. The number of rotatable bonds is 5. The number of hydrogen-bond acceptors (Lipinski definition) is 3. The molecule has 0 spiro atoms. The first-order valence-electron chi connectivity index (χ1n) is 11.0. The van der Waals surface area contributed by atoms with Crippen molar-refractivity contribution >= 4 is 11.9 Å². The number of fused-ring (bicyclic) bond motifs is 2. The summed E-state index contributed by atoms with van der Waals surface area (Å²) in [5, 5.41) is 21.6. The van der Waals surface area contributed by atoms with Crippen LogP contribution in [0.15, 0.2) is 60.7 Å². The maximum Gasteiger partial charge on any atom is 0.326 e. The van der Waals surface area contributed by atoms with Crippen LogP contribution in [-0.2, 0) is 11.2 Å². The Bertz CT molecular complexity index is 896. The van der Waals surface area contributed by atoms with E-state index in [-0.39, 0.29) is 23.8 Å². The molecule has 5 nitrogen and oxygen atoms in total. The lowest BCUT2D eigenvalue weighted by molar-refractivity contribution is -0.139. The van der Waals surface area contributed by atoms with Gasteiger partial charge in [-0.05, 0) is 53.7 Å². The van der Waals surface area contributed by atoms with Crippen LogP contribution in [0.4, 0.5) is 0 Å². The molecular formula is C26H33NO4. The van der Waals surface area contributed by atoms with E-state index >= 15 is 0 Å². The number of nitrogens with one attached hydrogen (secondary N) is 1. The largest absolute Gasteiger partial charge is 0.480 e. The van der Waals surface area contributed by atoms with Crippen molar-refractivity contribution in [2.24, 2.45) is 16.7 Å². The molecule has 2 bridgehead atoms. The minimum absolute atomic E-state index is 0.0313. The summed E-state index contributed by atoms with van der Waals surface area (Å²) in [5.74, 6) is -0.644. The van der Waals surface area contributed by atoms with Crippen LogP contribution in [0.5, 0.6) is 0 Å². The Balaban J connectivity index is 0.000000207. The third-order valence-corrected chi connectivity index (χ3v) is 7.67. The van der Waals surface area contributed by atoms with E-state index in [1.165, 1.54) is 12.8 Å². The molecule has 166 valence electrons. The second-order valence-corrected chi connectivity index (χ2v) is 9.55. The van der Waals surface area contributed by atoms with Crippen LogP contribution >= 0.6 is 0 Å². The summed E-state index contributed by atoms with van der Waals surface area (Å²) in [5.41, 5.74) is 1.92. The molecule has 4 rings (SSSR count). The van der Waals surface area contributed by atoms with Crippen molar-refractivity contribution in [3.8, 4) is 0 Å². The summed E-state index contributed by atoms with van der Waals surface area (Å²) in [4.78, 5) is 23.2. The van der Waals surface area contributed by atoms with Crippen molar-refractivity contribution < 1.29 is 19.8 Å². The molecule has 2 saturated carbocycles. The van der Waals surface area contributed by atoms with Crippen LogP contribution in [0.1, 0.15) is 56.0 Å². The first-order valence-corrected chi connectivity index (χ1v) is 11.0. The van der Waals surface area contributed by atoms with E-state index in [2.05, 4.69) is 26.1 Å². The predicted molar refractivity (Wildman–Crippen MR) is 121 cm³/mol. The van der Waals surface area contributed by atoms with E-state index in [1.807, 2.05) is 30.3 Å². The molecule has 2 aliphatic rings. The summed E-state index contributed by atoms with van der Waals surface area (Å²) < 4.78 is 0. The highest BCUT2D eigenvalue weighted by Crippen LogP contribution is 2.65. The fraction of sp³-hybridized carbons (Fsp3) is 0.462. The van der Waals surface area contributed by atoms with Gasteiger partial charge in [-0.15, -0.1) is 0 Å². The fourth-order valence-corrected chi connectivity index (χ4v) is 5.04. The van der Waals surface area contributed by atoms with Gasteiger partial charge < -0.3 is 15.5 Å². The van der Waals surface area contributed by atoms with E-state index in [9.17, 15) is 19.8 Å². The molecule has 4 unspecified atom stereocenters. The number of amides is 1. The van der Waals surface area contributed by atoms with Gasteiger partial charge in [0.1, 0.15) is 6.04 Å². The minimum atomic E-state index is -1.04. The van der Waals surface area contributed by atoms with Gasteiger partial charge in [-0.2, -0.15) is 0 Å². The standard InChI is InChI=1S/C16H15NO3.C10H18O/c18-15(13-9-5-2-6-10-13)17-14(16(19)20)11-12-7-3-1-4-8-12;1-9(2)7-4-5-10(9,3)8(11)6-7/h1-10,14H,11H2,(H,17,18)(H,19,20);7-8,11H,4-6H2,1-3H3. The lowest BCUT2D eigenvalue weighted by Crippen LogP contribution is -2.42. The van der Waals surface area contributed by atoms with Crippen LogP contribution in [0, 0.1) is 16.7 Å². The molecule has 2 fully saturated rings. The van der Waals surface area contributed by atoms with Crippen molar-refractivity contribution in [1.82, 2.24) is 5.32 Å². The van der Waals surface area contributed by atoms with Gasteiger partial charge in [-0.3, -0.25) is 4.79 Å². The quantitative estimate of drug-likeness (QED) is 0.669. The molecule has 0 saturated heterocycles. The third-order valence-electron chi connectivity index (χ3n) is 7.67. The van der Waals surface area contributed by atoms with Crippen LogP contribution in [0.2, 0.25) is 0 Å². The highest BCUT2D eigenvalue weighted by Gasteiger charge is 2.60. The molecule has 3 N–H and O–H groups in total. The van der Waals surface area contributed by atoms with Crippen molar-refractivity contribution in [2.75, 3.05) is 0 Å². The summed E-state index contributed by atoms with van der Waals surface area (Å²) >= 11 is 0. The van der Waals surface area contributed by atoms with Crippen LogP contribution < -0.4 is 5.32 Å². The van der Waals surface area contributed by atoms with Gasteiger partial charge in [0.25, 0.3) is 5.91 Å². The molecule has 2 aromatic rings. The van der Waals surface area contributed by atoms with Gasteiger partial charge in [-0.1, -0.05) is 69.3 Å². The first-order chi connectivity index (χ1) is 14.6. The summed E-state index contributed by atoms with van der Waals surface area (Å²) in [7, 11) is 0.